The number of hydrogen-bond donors (Lipinski definition) is 4. The van der Waals surface area contributed by atoms with Crippen LogP contribution in [0.2, 0.25) is 0 Å². The summed E-state index contributed by atoms with van der Waals surface area (Å²) in [6, 6.07) is 0. The summed E-state index contributed by atoms with van der Waals surface area (Å²) in [4.78, 5) is 0. The largest absolute Gasteiger partial charge is 0.409 e. The van der Waals surface area contributed by atoms with Crippen molar-refractivity contribution in [2.24, 2.45) is 16.3 Å². The van der Waals surface area contributed by atoms with E-state index in [0.29, 0.717) is 0 Å². The summed E-state index contributed by atoms with van der Waals surface area (Å²) >= 11 is 0. The fraction of sp³-hybridized carbons (Fsp3) is 0.917. The molecule has 5 heteroatoms. The molecule has 0 rings (SSSR count). The summed E-state index contributed by atoms with van der Waals surface area (Å²) in [6.45, 7) is 9.10. The molecule has 0 heterocycles. The van der Waals surface area contributed by atoms with Crippen molar-refractivity contribution in [2.45, 2.75) is 52.5 Å². The summed E-state index contributed by atoms with van der Waals surface area (Å²) < 4.78 is 0. The van der Waals surface area contributed by atoms with E-state index < -0.39 is 0 Å². The molecule has 5 N–H and O–H groups in total. The first-order chi connectivity index (χ1) is 7.75. The third-order valence-corrected chi connectivity index (χ3v) is 3.12. The van der Waals surface area contributed by atoms with Gasteiger partial charge in [0.05, 0.1) is 0 Å². The number of aliphatic hydroxyl groups is 1. The maximum atomic E-state index is 8.89. The van der Waals surface area contributed by atoms with E-state index >= 15 is 0 Å². The van der Waals surface area contributed by atoms with Gasteiger partial charge >= 0.3 is 0 Å². The highest BCUT2D eigenvalue weighted by molar-refractivity contribution is 5.85. The average molecular weight is 245 g/mol. The molecule has 5 nitrogen and oxygen atoms in total. The monoisotopic (exact) mass is 245 g/mol. The molecule has 17 heavy (non-hydrogen) atoms. The molecule has 0 aliphatic rings. The fourth-order valence-corrected chi connectivity index (χ4v) is 1.59. The highest BCUT2D eigenvalue weighted by Gasteiger charge is 2.23. The highest BCUT2D eigenvalue weighted by Crippen LogP contribution is 2.22. The zero-order chi connectivity index (χ0) is 13.5. The molecule has 0 bridgehead atoms. The zero-order valence-corrected chi connectivity index (χ0v) is 11.5. The standard InChI is InChI=1S/C12H27N3O2/c1-11(2,10(13)15-17)6-5-8-14-12(3,4)7-9-16/h14,16-17H,5-9H2,1-4H3,(H2,13,15). The number of aliphatic hydroxyl groups excluding tert-OH is 1. The van der Waals surface area contributed by atoms with E-state index in [2.05, 4.69) is 24.3 Å². The van der Waals surface area contributed by atoms with Gasteiger partial charge in [0.25, 0.3) is 0 Å². The quantitative estimate of drug-likeness (QED) is 0.170. The van der Waals surface area contributed by atoms with Crippen LogP contribution in [0, 0.1) is 5.41 Å². The molecule has 0 saturated heterocycles. The van der Waals surface area contributed by atoms with Gasteiger partial charge < -0.3 is 21.4 Å². The van der Waals surface area contributed by atoms with Crippen molar-refractivity contribution >= 4 is 5.84 Å². The molecule has 0 aromatic heterocycles. The lowest BCUT2D eigenvalue weighted by Crippen LogP contribution is -2.41. The van der Waals surface area contributed by atoms with Gasteiger partial charge in [-0.05, 0) is 39.7 Å². The van der Waals surface area contributed by atoms with Crippen molar-refractivity contribution in [2.75, 3.05) is 13.2 Å². The smallest absolute Gasteiger partial charge is 0.144 e. The van der Waals surface area contributed by atoms with Crippen molar-refractivity contribution in [3.05, 3.63) is 0 Å². The summed E-state index contributed by atoms with van der Waals surface area (Å²) in [5.74, 6) is 0.270. The van der Waals surface area contributed by atoms with Gasteiger partial charge in [0, 0.05) is 17.6 Å². The molecule has 0 radical (unpaired) electrons. The molecule has 0 unspecified atom stereocenters. The van der Waals surface area contributed by atoms with Crippen LogP contribution in [-0.4, -0.2) is 34.8 Å². The highest BCUT2D eigenvalue weighted by atomic mass is 16.4. The first kappa shape index (κ1) is 16.2. The van der Waals surface area contributed by atoms with Crippen LogP contribution in [0.5, 0.6) is 0 Å². The molecule has 0 amide bonds. The molecule has 102 valence electrons. The summed E-state index contributed by atoms with van der Waals surface area (Å²) in [5, 5.41) is 24.0. The normalized spacial score (nSPS) is 14.1. The van der Waals surface area contributed by atoms with E-state index in [1.165, 1.54) is 0 Å². The first-order valence-electron chi connectivity index (χ1n) is 6.09. The number of nitrogens with two attached hydrogens (primary N) is 1. The Labute approximate surface area is 104 Å². The maximum Gasteiger partial charge on any atom is 0.144 e. The van der Waals surface area contributed by atoms with Crippen molar-refractivity contribution in [1.29, 1.82) is 0 Å². The number of oxime groups is 1. The third kappa shape index (κ3) is 6.48. The molecule has 0 aliphatic carbocycles. The Morgan fingerprint density at radius 1 is 1.24 bits per heavy atom. The molecule has 0 aliphatic heterocycles. The number of nitrogens with one attached hydrogen (secondary N) is 1. The van der Waals surface area contributed by atoms with E-state index in [9.17, 15) is 0 Å². The molecule has 0 atom stereocenters. The second kappa shape index (κ2) is 6.81. The van der Waals surface area contributed by atoms with E-state index in [1.807, 2.05) is 13.8 Å². The van der Waals surface area contributed by atoms with Crippen LogP contribution < -0.4 is 11.1 Å². The topological polar surface area (TPSA) is 90.9 Å². The van der Waals surface area contributed by atoms with E-state index in [4.69, 9.17) is 16.0 Å². The summed E-state index contributed by atoms with van der Waals surface area (Å²) in [7, 11) is 0. The van der Waals surface area contributed by atoms with Crippen molar-refractivity contribution in [3.8, 4) is 0 Å². The second-order valence-electron chi connectivity index (χ2n) is 5.76. The third-order valence-electron chi connectivity index (χ3n) is 3.12. The lowest BCUT2D eigenvalue weighted by Gasteiger charge is -2.27. The molecule has 0 fully saturated rings. The minimum atomic E-state index is -0.280. The van der Waals surface area contributed by atoms with Gasteiger partial charge in [-0.1, -0.05) is 19.0 Å². The van der Waals surface area contributed by atoms with Crippen LogP contribution in [0.3, 0.4) is 0 Å². The number of amidine groups is 1. The fourth-order valence-electron chi connectivity index (χ4n) is 1.59. The maximum absolute atomic E-state index is 8.89. The summed E-state index contributed by atoms with van der Waals surface area (Å²) in [6.07, 6.45) is 2.53. The zero-order valence-electron chi connectivity index (χ0n) is 11.5. The molecule has 0 aromatic carbocycles. The van der Waals surface area contributed by atoms with Crippen LogP contribution in [0.4, 0.5) is 0 Å². The number of hydrogen-bond acceptors (Lipinski definition) is 4. The van der Waals surface area contributed by atoms with Gasteiger partial charge in [-0.25, -0.2) is 0 Å². The van der Waals surface area contributed by atoms with Crippen LogP contribution >= 0.6 is 0 Å². The lowest BCUT2D eigenvalue weighted by molar-refractivity contribution is 0.229. The summed E-state index contributed by atoms with van der Waals surface area (Å²) in [5.41, 5.74) is 5.29. The van der Waals surface area contributed by atoms with Gasteiger partial charge in [0.1, 0.15) is 5.84 Å². The SMILES string of the molecule is CC(C)(CCO)NCCCC(C)(C)C(N)=NO. The van der Waals surface area contributed by atoms with Crippen molar-refractivity contribution < 1.29 is 10.3 Å². The Morgan fingerprint density at radius 2 is 1.82 bits per heavy atom. The minimum absolute atomic E-state index is 0.0461. The molecule has 0 spiro atoms. The van der Waals surface area contributed by atoms with Crippen LogP contribution in [0.15, 0.2) is 5.16 Å². The Balaban J connectivity index is 3.93. The van der Waals surface area contributed by atoms with Crippen molar-refractivity contribution in [3.63, 3.8) is 0 Å². The van der Waals surface area contributed by atoms with Gasteiger partial charge in [-0.2, -0.15) is 0 Å². The van der Waals surface area contributed by atoms with Gasteiger partial charge in [0.15, 0.2) is 0 Å². The van der Waals surface area contributed by atoms with Gasteiger partial charge in [-0.3, -0.25) is 0 Å². The Bertz CT molecular complexity index is 250. The Kier molecular flexibility index (Phi) is 6.49. The second-order valence-corrected chi connectivity index (χ2v) is 5.76. The van der Waals surface area contributed by atoms with E-state index in [1.54, 1.807) is 0 Å². The van der Waals surface area contributed by atoms with E-state index in [0.717, 1.165) is 25.8 Å². The molecular weight excluding hydrogens is 218 g/mol. The molecule has 0 saturated carbocycles. The van der Waals surface area contributed by atoms with Crippen LogP contribution in [0.25, 0.3) is 0 Å². The number of nitrogens with zero attached hydrogens (tertiary/aromatic N) is 1. The van der Waals surface area contributed by atoms with Gasteiger partial charge in [-0.15, -0.1) is 0 Å². The first-order valence-corrected chi connectivity index (χ1v) is 6.09. The molecular formula is C12H27N3O2. The van der Waals surface area contributed by atoms with E-state index in [-0.39, 0.29) is 23.4 Å². The molecule has 0 aromatic rings. The minimum Gasteiger partial charge on any atom is -0.409 e. The Morgan fingerprint density at radius 3 is 2.29 bits per heavy atom. The predicted octanol–water partition coefficient (Wildman–Crippen LogP) is 1.29. The predicted molar refractivity (Wildman–Crippen MR) is 70.2 cm³/mol. The van der Waals surface area contributed by atoms with Crippen LogP contribution in [0.1, 0.15) is 47.0 Å². The Hall–Kier alpha value is -0.810. The van der Waals surface area contributed by atoms with Gasteiger partial charge in [0.2, 0.25) is 0 Å². The average Bonchev–Trinajstić information content (AvgIpc) is 2.23. The van der Waals surface area contributed by atoms with Crippen LogP contribution in [-0.2, 0) is 0 Å². The lowest BCUT2D eigenvalue weighted by atomic mass is 9.86. The van der Waals surface area contributed by atoms with Crippen molar-refractivity contribution in [1.82, 2.24) is 5.32 Å². The number of rotatable bonds is 8.